The molecule has 0 aliphatic rings. The summed E-state index contributed by atoms with van der Waals surface area (Å²) in [5, 5.41) is 0.967. The molecule has 23 heavy (non-hydrogen) atoms. The lowest BCUT2D eigenvalue weighted by molar-refractivity contribution is 0.375. The van der Waals surface area contributed by atoms with Crippen LogP contribution in [0.3, 0.4) is 0 Å². The lowest BCUT2D eigenvalue weighted by Crippen LogP contribution is -1.94. The van der Waals surface area contributed by atoms with Gasteiger partial charge in [0, 0.05) is 4.88 Å². The molecule has 0 atom stereocenters. The molecule has 2 heterocycles. The third kappa shape index (κ3) is 2.92. The number of nitrogens with zero attached hydrogens (tertiary/aromatic N) is 2. The number of rotatable bonds is 4. The highest BCUT2D eigenvalue weighted by Crippen LogP contribution is 2.38. The molecule has 118 valence electrons. The first kappa shape index (κ1) is 15.5. The molecule has 0 N–H and O–H groups in total. The predicted molar refractivity (Wildman–Crippen MR) is 94.7 cm³/mol. The highest BCUT2D eigenvalue weighted by molar-refractivity contribution is 7.18. The standard InChI is InChI=1S/C18H18N2O2S/c1-5-6-13-7-8-14(15(9-13)21-4)22-17-16-11(2)12(3)23-18(16)20-10-19-17/h5-10H,1-4H3/b6-5+. The third-order valence-electron chi connectivity index (χ3n) is 3.68. The van der Waals surface area contributed by atoms with Crippen molar-refractivity contribution in [3.05, 3.63) is 46.6 Å². The van der Waals surface area contributed by atoms with Crippen LogP contribution in [0.1, 0.15) is 22.9 Å². The molecule has 0 radical (unpaired) electrons. The minimum Gasteiger partial charge on any atom is -0.493 e. The largest absolute Gasteiger partial charge is 0.493 e. The molecular formula is C18H18N2O2S. The van der Waals surface area contributed by atoms with Crippen molar-refractivity contribution in [1.29, 1.82) is 0 Å². The van der Waals surface area contributed by atoms with Gasteiger partial charge >= 0.3 is 0 Å². The fraction of sp³-hybridized carbons (Fsp3) is 0.222. The Bertz CT molecular complexity index is 884. The van der Waals surface area contributed by atoms with Crippen molar-refractivity contribution < 1.29 is 9.47 Å². The van der Waals surface area contributed by atoms with Crippen molar-refractivity contribution in [1.82, 2.24) is 9.97 Å². The minimum atomic E-state index is 0.564. The molecule has 0 aliphatic carbocycles. The number of hydrogen-bond donors (Lipinski definition) is 0. The normalized spacial score (nSPS) is 11.3. The Hall–Kier alpha value is -2.40. The van der Waals surface area contributed by atoms with Gasteiger partial charge in [0.25, 0.3) is 0 Å². The maximum atomic E-state index is 6.05. The number of aromatic nitrogens is 2. The monoisotopic (exact) mass is 326 g/mol. The predicted octanol–water partition coefficient (Wildman–Crippen LogP) is 5.14. The fourth-order valence-corrected chi connectivity index (χ4v) is 3.38. The van der Waals surface area contributed by atoms with Gasteiger partial charge in [-0.15, -0.1) is 11.3 Å². The van der Waals surface area contributed by atoms with Gasteiger partial charge < -0.3 is 9.47 Å². The van der Waals surface area contributed by atoms with Crippen LogP contribution in [0, 0.1) is 13.8 Å². The van der Waals surface area contributed by atoms with Crippen molar-refractivity contribution in [2.45, 2.75) is 20.8 Å². The zero-order valence-corrected chi connectivity index (χ0v) is 14.4. The van der Waals surface area contributed by atoms with Gasteiger partial charge in [0.15, 0.2) is 11.5 Å². The molecule has 0 unspecified atom stereocenters. The van der Waals surface area contributed by atoms with Crippen LogP contribution in [0.5, 0.6) is 17.4 Å². The molecule has 4 nitrogen and oxygen atoms in total. The number of fused-ring (bicyclic) bond motifs is 1. The molecule has 0 aliphatic heterocycles. The van der Waals surface area contributed by atoms with E-state index in [1.165, 1.54) is 11.2 Å². The smallest absolute Gasteiger partial charge is 0.231 e. The van der Waals surface area contributed by atoms with Gasteiger partial charge in [0.2, 0.25) is 5.88 Å². The summed E-state index contributed by atoms with van der Waals surface area (Å²) in [4.78, 5) is 10.8. The van der Waals surface area contributed by atoms with E-state index in [0.29, 0.717) is 17.4 Å². The van der Waals surface area contributed by atoms with Crippen molar-refractivity contribution in [3.8, 4) is 17.4 Å². The number of benzene rings is 1. The zero-order chi connectivity index (χ0) is 16.4. The molecular weight excluding hydrogens is 308 g/mol. The maximum Gasteiger partial charge on any atom is 0.231 e. The Balaban J connectivity index is 2.05. The average Bonchev–Trinajstić information content (AvgIpc) is 2.84. The van der Waals surface area contributed by atoms with Crippen LogP contribution in [0.15, 0.2) is 30.6 Å². The lowest BCUT2D eigenvalue weighted by Gasteiger charge is -2.11. The van der Waals surface area contributed by atoms with Crippen LogP contribution in [0.4, 0.5) is 0 Å². The van der Waals surface area contributed by atoms with E-state index < -0.39 is 0 Å². The summed E-state index contributed by atoms with van der Waals surface area (Å²) in [7, 11) is 1.64. The van der Waals surface area contributed by atoms with Gasteiger partial charge in [-0.2, -0.15) is 0 Å². The Morgan fingerprint density at radius 3 is 2.70 bits per heavy atom. The number of aryl methyl sites for hydroxylation is 2. The molecule has 1 aromatic carbocycles. The second-order valence-corrected chi connectivity index (χ2v) is 6.36. The molecule has 3 rings (SSSR count). The van der Waals surface area contributed by atoms with Gasteiger partial charge in [-0.1, -0.05) is 18.2 Å². The number of thiophene rings is 1. The fourth-order valence-electron chi connectivity index (χ4n) is 2.40. The van der Waals surface area contributed by atoms with E-state index in [1.807, 2.05) is 37.3 Å². The maximum absolute atomic E-state index is 6.05. The van der Waals surface area contributed by atoms with Gasteiger partial charge in [-0.3, -0.25) is 0 Å². The first-order valence-electron chi connectivity index (χ1n) is 7.33. The molecule has 0 spiro atoms. The highest BCUT2D eigenvalue weighted by atomic mass is 32.1. The summed E-state index contributed by atoms with van der Waals surface area (Å²) in [6.45, 7) is 6.13. The quantitative estimate of drug-likeness (QED) is 0.665. The molecule has 0 saturated heterocycles. The van der Waals surface area contributed by atoms with Gasteiger partial charge in [-0.25, -0.2) is 9.97 Å². The molecule has 0 bridgehead atoms. The first-order chi connectivity index (χ1) is 11.1. The van der Waals surface area contributed by atoms with Crippen LogP contribution >= 0.6 is 11.3 Å². The van der Waals surface area contributed by atoms with E-state index in [9.17, 15) is 0 Å². The van der Waals surface area contributed by atoms with Crippen molar-refractivity contribution >= 4 is 27.6 Å². The van der Waals surface area contributed by atoms with E-state index in [-0.39, 0.29) is 0 Å². The Morgan fingerprint density at radius 1 is 1.13 bits per heavy atom. The summed E-state index contributed by atoms with van der Waals surface area (Å²) in [5.74, 6) is 1.88. The van der Waals surface area contributed by atoms with Crippen molar-refractivity contribution in [3.63, 3.8) is 0 Å². The second-order valence-electron chi connectivity index (χ2n) is 5.15. The summed E-state index contributed by atoms with van der Waals surface area (Å²) in [5.41, 5.74) is 2.22. The summed E-state index contributed by atoms with van der Waals surface area (Å²) in [6.07, 6.45) is 5.54. The number of hydrogen-bond acceptors (Lipinski definition) is 5. The molecule has 0 amide bonds. The van der Waals surface area contributed by atoms with Crippen molar-refractivity contribution in [2.24, 2.45) is 0 Å². The molecule has 5 heteroatoms. The SMILES string of the molecule is C/C=C/c1ccc(Oc2ncnc3sc(C)c(C)c23)c(OC)c1. The molecule has 0 saturated carbocycles. The second kappa shape index (κ2) is 6.38. The lowest BCUT2D eigenvalue weighted by atomic mass is 10.2. The van der Waals surface area contributed by atoms with Crippen LogP contribution in [-0.2, 0) is 0 Å². The number of methoxy groups -OCH3 is 1. The average molecular weight is 326 g/mol. The third-order valence-corrected chi connectivity index (χ3v) is 4.80. The number of allylic oxidation sites excluding steroid dienone is 1. The first-order valence-corrected chi connectivity index (χ1v) is 8.15. The topological polar surface area (TPSA) is 44.2 Å². The van der Waals surface area contributed by atoms with Crippen LogP contribution in [-0.4, -0.2) is 17.1 Å². The molecule has 0 fully saturated rings. The van der Waals surface area contributed by atoms with Gasteiger partial charge in [0.1, 0.15) is 11.2 Å². The minimum absolute atomic E-state index is 0.564. The van der Waals surface area contributed by atoms with E-state index in [2.05, 4.69) is 23.8 Å². The summed E-state index contributed by atoms with van der Waals surface area (Å²) >= 11 is 1.65. The van der Waals surface area contributed by atoms with Crippen LogP contribution in [0.25, 0.3) is 16.3 Å². The van der Waals surface area contributed by atoms with E-state index in [1.54, 1.807) is 18.4 Å². The zero-order valence-electron chi connectivity index (χ0n) is 13.6. The Morgan fingerprint density at radius 2 is 1.96 bits per heavy atom. The number of ether oxygens (including phenoxy) is 2. The highest BCUT2D eigenvalue weighted by Gasteiger charge is 2.15. The van der Waals surface area contributed by atoms with Gasteiger partial charge in [-0.05, 0) is 44.0 Å². The van der Waals surface area contributed by atoms with E-state index >= 15 is 0 Å². The Labute approximate surface area is 139 Å². The summed E-state index contributed by atoms with van der Waals surface area (Å²) in [6, 6.07) is 5.83. The Kier molecular flexibility index (Phi) is 4.30. The molecule has 3 aromatic rings. The summed E-state index contributed by atoms with van der Waals surface area (Å²) < 4.78 is 11.5. The van der Waals surface area contributed by atoms with E-state index in [4.69, 9.17) is 9.47 Å². The van der Waals surface area contributed by atoms with E-state index in [0.717, 1.165) is 21.3 Å². The van der Waals surface area contributed by atoms with Crippen molar-refractivity contribution in [2.75, 3.05) is 7.11 Å². The molecule has 2 aromatic heterocycles. The van der Waals surface area contributed by atoms with Gasteiger partial charge in [0.05, 0.1) is 12.5 Å². The van der Waals surface area contributed by atoms with Crippen LogP contribution in [0.2, 0.25) is 0 Å². The van der Waals surface area contributed by atoms with Crippen LogP contribution < -0.4 is 9.47 Å².